The number of rotatable bonds is 21. The molecule has 0 bridgehead atoms. The van der Waals surface area contributed by atoms with Gasteiger partial charge in [-0.25, -0.2) is 19.4 Å². The minimum atomic E-state index is -0.606. The van der Waals surface area contributed by atoms with Crippen molar-refractivity contribution in [2.45, 2.75) is 76.7 Å². The maximum atomic E-state index is 13.5. The summed E-state index contributed by atoms with van der Waals surface area (Å²) in [4.78, 5) is 78.5. The number of imidazole rings is 1. The van der Waals surface area contributed by atoms with Crippen LogP contribution < -0.4 is 28.4 Å². The fourth-order valence-electron chi connectivity index (χ4n) is 16.7. The van der Waals surface area contributed by atoms with Gasteiger partial charge in [0.25, 0.3) is 0 Å². The lowest BCUT2D eigenvalue weighted by Gasteiger charge is -2.35. The minimum Gasteiger partial charge on any atom is -0.494 e. The molecule has 4 unspecified atom stereocenters. The van der Waals surface area contributed by atoms with E-state index in [1.54, 1.807) is 82.7 Å². The zero-order valence-corrected chi connectivity index (χ0v) is 71.8. The summed E-state index contributed by atoms with van der Waals surface area (Å²) in [5.41, 5.74) is 13.2. The molecule has 9 heterocycles. The van der Waals surface area contributed by atoms with Crippen LogP contribution in [0.3, 0.4) is 0 Å². The number of aryl methyl sites for hydroxylation is 2. The fraction of sp³-hybridized carbons (Fsp3) is 0.295. The normalized spacial score (nSPS) is 16.8. The van der Waals surface area contributed by atoms with Crippen LogP contribution in [0.1, 0.15) is 93.9 Å². The second-order valence-electron chi connectivity index (χ2n) is 31.1. The number of β-amino-alcohol motifs (C(OH)–C–C–N with tert-alkyl or cyclic N) is 1. The molecule has 123 heavy (non-hydrogen) atoms. The van der Waals surface area contributed by atoms with E-state index < -0.39 is 24.3 Å². The Morgan fingerprint density at radius 2 is 0.821 bits per heavy atom. The first-order chi connectivity index (χ1) is 59.8. The Morgan fingerprint density at radius 1 is 0.447 bits per heavy atom. The number of carbonyl (C=O) groups excluding carboxylic acids is 4. The van der Waals surface area contributed by atoms with E-state index >= 15 is 0 Å². The number of aliphatic hydroxyl groups excluding tert-OH is 1. The van der Waals surface area contributed by atoms with Gasteiger partial charge in [-0.15, -0.1) is 0 Å². The van der Waals surface area contributed by atoms with Gasteiger partial charge in [0.2, 0.25) is 5.91 Å². The molecule has 4 atom stereocenters. The number of hydrogen-bond acceptors (Lipinski definition) is 15. The smallest absolute Gasteiger partial charge is 0.416 e. The summed E-state index contributed by atoms with van der Waals surface area (Å²) in [6.07, 6.45) is 7.46. The van der Waals surface area contributed by atoms with E-state index in [4.69, 9.17) is 91.2 Å². The van der Waals surface area contributed by atoms with Crippen LogP contribution in [0.25, 0.3) is 32.7 Å². The molecule has 23 nitrogen and oxygen atoms in total. The zero-order chi connectivity index (χ0) is 85.0. The predicted octanol–water partition coefficient (Wildman–Crippen LogP) is 19.2. The van der Waals surface area contributed by atoms with E-state index in [1.165, 1.54) is 5.56 Å². The number of hydrogen-bond donors (Lipinski definition) is 4. The molecular formula is C95H94Cl5N11O12. The molecule has 4 amide bonds. The number of ether oxygens (including phenoxy) is 7. The third-order valence-corrected chi connectivity index (χ3v) is 24.1. The number of aliphatic hydroxyl groups is 1. The number of carbonyl (C=O) groups is 4. The summed E-state index contributed by atoms with van der Waals surface area (Å²) >= 11 is 31.0. The van der Waals surface area contributed by atoms with Crippen molar-refractivity contribution < 1.29 is 57.4 Å². The maximum absolute atomic E-state index is 13.5. The number of nitrogens with one attached hydrogen (secondary N) is 3. The number of H-pyrrole nitrogens is 3. The van der Waals surface area contributed by atoms with Gasteiger partial charge in [0, 0.05) is 173 Å². The van der Waals surface area contributed by atoms with Crippen molar-refractivity contribution in [2.75, 3.05) is 105 Å². The van der Waals surface area contributed by atoms with Crippen LogP contribution in [0.2, 0.25) is 25.1 Å². The largest absolute Gasteiger partial charge is 0.494 e. The van der Waals surface area contributed by atoms with Crippen LogP contribution in [0, 0.1) is 6.92 Å². The number of amides is 4. The Hall–Kier alpha value is -11.2. The molecule has 9 aromatic carbocycles. The van der Waals surface area contributed by atoms with Gasteiger partial charge in [0.1, 0.15) is 65.3 Å². The minimum absolute atomic E-state index is 0.145. The first-order valence-corrected chi connectivity index (χ1v) is 43.3. The van der Waals surface area contributed by atoms with Crippen molar-refractivity contribution >= 4 is 115 Å². The van der Waals surface area contributed by atoms with Gasteiger partial charge < -0.3 is 62.7 Å². The molecule has 4 aromatic heterocycles. The molecular weight excluding hydrogens is 1660 g/mol. The average molecular weight is 1760 g/mol. The number of nitrogens with zero attached hydrogens (tertiary/aromatic N) is 8. The van der Waals surface area contributed by atoms with Crippen LogP contribution in [0.15, 0.2) is 219 Å². The van der Waals surface area contributed by atoms with Crippen LogP contribution in [0.4, 0.5) is 14.4 Å². The summed E-state index contributed by atoms with van der Waals surface area (Å²) in [6.45, 7) is 15.2. The fourth-order valence-corrected chi connectivity index (χ4v) is 17.5. The standard InChI is InChI=1S/C33H34Cl2N4O4.C31H31Cl2N3O5.C31H29ClN4O3/c1-22(40)38-18-16-37(17-19-38)14-2-20-42-26-8-3-23(4-9-26)32-31-28(29-21-25(35)7-12-30(29)36-31)13-15-39(32)33(41)43-27-10-5-24(34)6-11-27;32-21-3-8-25(9-4-21)41-31(38)36-12-11-26-27-17-22(33)5-10-28(27)34-29(26)30(36)20-1-6-24(7-2-20)40-19-23(37)18-35-13-15-39-16-14-35;1-21-3-8-25(9-4-21)39-31(37)36-16-13-26-27-19-23(32)7-12-28(27)34-29(26)30(36)22-5-10-24(11-6-22)38-18-2-15-35-17-14-33-20-35/h3-12,21,32,36H,2,13-20H2,1H3;1-10,17,23,30,34,37H,11-16,18-19H2;3-12,14,17,19-20,30,34H,2,13,15-16,18H2,1H3. The van der Waals surface area contributed by atoms with Crippen molar-refractivity contribution in [3.8, 4) is 34.5 Å². The molecule has 4 N–H and O–H groups in total. The lowest BCUT2D eigenvalue weighted by Crippen LogP contribution is -2.48. The molecule has 13 aromatic rings. The highest BCUT2D eigenvalue weighted by atomic mass is 35.5. The Labute approximate surface area is 737 Å². The molecule has 0 aliphatic carbocycles. The average Bonchev–Trinajstić information content (AvgIpc) is 1.60. The van der Waals surface area contributed by atoms with Gasteiger partial charge in [-0.05, 0) is 224 Å². The molecule has 2 fully saturated rings. The monoisotopic (exact) mass is 1760 g/mol. The SMILES string of the molecule is CC(=O)N1CCN(CCCOc2ccc(C3c4[nH]c5ccc(Cl)cc5c4CCN3C(=O)Oc3ccc(Cl)cc3)cc2)CC1.Cc1ccc(OC(=O)N2CCc3c([nH]c4ccc(Cl)cc34)C2c2ccc(OCCCn3ccnc3)cc2)cc1.O=C(Oc1ccc(Cl)cc1)N1CCc2c([nH]c3ccc(Cl)cc23)C1c1ccc(OCC(O)CN2CCOCC2)cc1. The van der Waals surface area contributed by atoms with Crippen molar-refractivity contribution in [2.24, 2.45) is 0 Å². The predicted molar refractivity (Wildman–Crippen MR) is 478 cm³/mol. The third kappa shape index (κ3) is 20.8. The Balaban J connectivity index is 0.000000137. The van der Waals surface area contributed by atoms with E-state index in [9.17, 15) is 24.3 Å². The van der Waals surface area contributed by atoms with E-state index in [0.717, 1.165) is 160 Å². The molecule has 0 saturated carbocycles. The Morgan fingerprint density at radius 3 is 1.21 bits per heavy atom. The van der Waals surface area contributed by atoms with E-state index in [1.807, 2.05) is 174 Å². The third-order valence-electron chi connectivity index (χ3n) is 22.9. The van der Waals surface area contributed by atoms with Gasteiger partial charge in [-0.2, -0.15) is 0 Å². The maximum Gasteiger partial charge on any atom is 0.416 e. The van der Waals surface area contributed by atoms with E-state index in [0.29, 0.717) is 120 Å². The number of halogens is 5. The quantitative estimate of drug-likeness (QED) is 0.0489. The molecule has 0 radical (unpaired) electrons. The van der Waals surface area contributed by atoms with Gasteiger partial charge in [-0.1, -0.05) is 112 Å². The highest BCUT2D eigenvalue weighted by molar-refractivity contribution is 6.32. The number of benzene rings is 9. The molecule has 28 heteroatoms. The Bertz CT molecular complexity index is 5810. The molecule has 636 valence electrons. The lowest BCUT2D eigenvalue weighted by atomic mass is 9.92. The van der Waals surface area contributed by atoms with Crippen LogP contribution in [0.5, 0.6) is 34.5 Å². The lowest BCUT2D eigenvalue weighted by molar-refractivity contribution is -0.130. The number of fused-ring (bicyclic) bond motifs is 9. The number of morpholine rings is 1. The second kappa shape index (κ2) is 39.5. The van der Waals surface area contributed by atoms with Crippen molar-refractivity contribution in [1.82, 2.24) is 53.9 Å². The van der Waals surface area contributed by atoms with Gasteiger partial charge in [0.15, 0.2) is 0 Å². The van der Waals surface area contributed by atoms with Crippen LogP contribution in [-0.2, 0) is 35.3 Å². The van der Waals surface area contributed by atoms with Gasteiger partial charge >= 0.3 is 18.3 Å². The summed E-state index contributed by atoms with van der Waals surface area (Å²) in [5.74, 6) is 3.74. The molecule has 5 aliphatic rings. The first-order valence-electron chi connectivity index (χ1n) is 41.4. The molecule has 18 rings (SSSR count). The number of aromatic nitrogens is 5. The highest BCUT2D eigenvalue weighted by Gasteiger charge is 2.40. The summed E-state index contributed by atoms with van der Waals surface area (Å²) in [5, 5.41) is 16.9. The van der Waals surface area contributed by atoms with Crippen molar-refractivity contribution in [3.63, 3.8) is 0 Å². The summed E-state index contributed by atoms with van der Waals surface area (Å²) in [7, 11) is 0. The van der Waals surface area contributed by atoms with Gasteiger partial charge in [-0.3, -0.25) is 29.3 Å². The van der Waals surface area contributed by atoms with Crippen molar-refractivity contribution in [1.29, 1.82) is 0 Å². The molecule has 2 saturated heterocycles. The van der Waals surface area contributed by atoms with Crippen molar-refractivity contribution in [3.05, 3.63) is 300 Å². The first kappa shape index (κ1) is 85.3. The topological polar surface area (TPSA) is 238 Å². The van der Waals surface area contributed by atoms with E-state index in [2.05, 4.69) is 29.7 Å². The molecule has 5 aliphatic heterocycles. The van der Waals surface area contributed by atoms with Crippen LogP contribution in [-0.4, -0.2) is 194 Å². The number of aromatic amines is 3. The summed E-state index contributed by atoms with van der Waals surface area (Å²) in [6, 6.07) is 60.9. The number of piperazine rings is 1. The highest BCUT2D eigenvalue weighted by Crippen LogP contribution is 2.44. The van der Waals surface area contributed by atoms with E-state index in [-0.39, 0.29) is 30.7 Å². The van der Waals surface area contributed by atoms with Gasteiger partial charge in [0.05, 0.1) is 32.8 Å². The second-order valence-corrected chi connectivity index (χ2v) is 33.3. The van der Waals surface area contributed by atoms with Crippen LogP contribution >= 0.6 is 58.0 Å². The zero-order valence-electron chi connectivity index (χ0n) is 68.1. The summed E-state index contributed by atoms with van der Waals surface area (Å²) < 4.78 is 42.7. The Kier molecular flexibility index (Phi) is 27.4. The molecule has 0 spiro atoms.